The van der Waals surface area contributed by atoms with Crippen LogP contribution in [0.4, 0.5) is 0 Å². The topological polar surface area (TPSA) is 63.2 Å². The lowest BCUT2D eigenvalue weighted by atomic mass is 10.1. The van der Waals surface area contributed by atoms with Crippen molar-refractivity contribution in [3.8, 4) is 0 Å². The molecule has 2 rings (SSSR count). The van der Waals surface area contributed by atoms with Gasteiger partial charge < -0.3 is 0 Å². The van der Waals surface area contributed by atoms with Gasteiger partial charge in [-0.05, 0) is 43.2 Å². The molecule has 0 fully saturated rings. The first-order valence-electron chi connectivity index (χ1n) is 6.85. The first kappa shape index (κ1) is 17.2. The van der Waals surface area contributed by atoms with E-state index in [2.05, 4.69) is 0 Å². The van der Waals surface area contributed by atoms with Crippen LogP contribution < -0.4 is 4.72 Å². The maximum absolute atomic E-state index is 12.1. The quantitative estimate of drug-likeness (QED) is 0.915. The van der Waals surface area contributed by atoms with Crippen LogP contribution in [0.3, 0.4) is 0 Å². The van der Waals surface area contributed by atoms with E-state index in [1.165, 1.54) is 6.08 Å². The Morgan fingerprint density at radius 1 is 1.13 bits per heavy atom. The molecule has 0 aromatic heterocycles. The summed E-state index contributed by atoms with van der Waals surface area (Å²) in [6.07, 6.45) is 1.35. The van der Waals surface area contributed by atoms with E-state index in [9.17, 15) is 13.2 Å². The van der Waals surface area contributed by atoms with Gasteiger partial charge in [-0.2, -0.15) is 0 Å². The minimum atomic E-state index is -3.91. The summed E-state index contributed by atoms with van der Waals surface area (Å²) in [5, 5.41) is 1.36. The fourth-order valence-corrected chi connectivity index (χ4v) is 3.02. The Bertz CT molecular complexity index is 873. The number of nitrogens with one attached hydrogen (secondary N) is 1. The fourth-order valence-electron chi connectivity index (χ4n) is 2.06. The molecule has 0 atom stereocenters. The average molecular weight is 350 g/mol. The van der Waals surface area contributed by atoms with Crippen molar-refractivity contribution < 1.29 is 13.2 Å². The van der Waals surface area contributed by atoms with Gasteiger partial charge in [-0.15, -0.1) is 0 Å². The molecule has 23 heavy (non-hydrogen) atoms. The highest BCUT2D eigenvalue weighted by Gasteiger charge is 2.15. The van der Waals surface area contributed by atoms with E-state index >= 15 is 0 Å². The van der Waals surface area contributed by atoms with E-state index in [1.807, 2.05) is 17.7 Å². The lowest BCUT2D eigenvalue weighted by molar-refractivity contribution is 0.0981. The van der Waals surface area contributed by atoms with E-state index in [1.54, 1.807) is 43.3 Å². The normalized spacial score (nSPS) is 11.6. The number of amides is 1. The molecule has 0 bridgehead atoms. The highest BCUT2D eigenvalue weighted by atomic mass is 35.5. The van der Waals surface area contributed by atoms with Gasteiger partial charge >= 0.3 is 0 Å². The molecule has 6 heteroatoms. The average Bonchev–Trinajstić information content (AvgIpc) is 2.45. The van der Waals surface area contributed by atoms with Gasteiger partial charge in [0.1, 0.15) is 0 Å². The van der Waals surface area contributed by atoms with Crippen molar-refractivity contribution in [3.05, 3.63) is 75.1 Å². The molecule has 1 amide bonds. The molecular weight excluding hydrogens is 334 g/mol. The third-order valence-corrected chi connectivity index (χ3v) is 4.50. The zero-order valence-electron chi connectivity index (χ0n) is 12.7. The SMILES string of the molecule is Cc1ccc(C(=O)NS(=O)(=O)C=Cc2ccccc2Cl)c(C)c1. The maximum Gasteiger partial charge on any atom is 0.265 e. The molecule has 0 heterocycles. The van der Waals surface area contributed by atoms with Crippen molar-refractivity contribution in [2.75, 3.05) is 0 Å². The summed E-state index contributed by atoms with van der Waals surface area (Å²) in [7, 11) is -3.91. The standard InChI is InChI=1S/C17H16ClNO3S/c1-12-7-8-15(13(2)11-12)17(20)19-23(21,22)10-9-14-5-3-4-6-16(14)18/h3-11H,1-2H3,(H,19,20). The molecule has 0 spiro atoms. The van der Waals surface area contributed by atoms with Crippen LogP contribution in [0.2, 0.25) is 5.02 Å². The second kappa shape index (κ2) is 6.98. The third-order valence-electron chi connectivity index (χ3n) is 3.19. The van der Waals surface area contributed by atoms with Gasteiger partial charge in [0, 0.05) is 10.6 Å². The second-order valence-electron chi connectivity index (χ2n) is 5.12. The van der Waals surface area contributed by atoms with Crippen molar-refractivity contribution in [1.82, 2.24) is 4.72 Å². The van der Waals surface area contributed by atoms with Crippen LogP contribution in [-0.2, 0) is 10.0 Å². The number of benzene rings is 2. The molecule has 2 aromatic carbocycles. The Morgan fingerprint density at radius 3 is 2.48 bits per heavy atom. The van der Waals surface area contributed by atoms with Crippen LogP contribution >= 0.6 is 11.6 Å². The Kier molecular flexibility index (Phi) is 5.23. The molecule has 0 unspecified atom stereocenters. The Morgan fingerprint density at radius 2 is 1.83 bits per heavy atom. The zero-order valence-corrected chi connectivity index (χ0v) is 14.3. The third kappa shape index (κ3) is 4.68. The van der Waals surface area contributed by atoms with Gasteiger partial charge in [-0.1, -0.05) is 47.5 Å². The number of aryl methyl sites for hydroxylation is 2. The molecule has 0 saturated heterocycles. The first-order valence-corrected chi connectivity index (χ1v) is 8.78. The summed E-state index contributed by atoms with van der Waals surface area (Å²) >= 11 is 5.96. The molecule has 2 aromatic rings. The first-order chi connectivity index (χ1) is 10.8. The predicted molar refractivity (Wildman–Crippen MR) is 92.8 cm³/mol. The van der Waals surface area contributed by atoms with Crippen LogP contribution in [0.15, 0.2) is 47.9 Å². The largest absolute Gasteiger partial charge is 0.268 e. The summed E-state index contributed by atoms with van der Waals surface area (Å²) in [5.74, 6) is -0.661. The number of halogens is 1. The summed E-state index contributed by atoms with van der Waals surface area (Å²) in [6.45, 7) is 3.66. The highest BCUT2D eigenvalue weighted by Crippen LogP contribution is 2.17. The number of carbonyl (C=O) groups excluding carboxylic acids is 1. The summed E-state index contributed by atoms with van der Waals surface area (Å²) in [6, 6.07) is 12.0. The number of rotatable bonds is 4. The van der Waals surface area contributed by atoms with Crippen LogP contribution in [0, 0.1) is 13.8 Å². The number of carbonyl (C=O) groups is 1. The number of sulfonamides is 1. The molecule has 120 valence electrons. The predicted octanol–water partition coefficient (Wildman–Crippen LogP) is 3.69. The van der Waals surface area contributed by atoms with Gasteiger partial charge in [0.25, 0.3) is 15.9 Å². The van der Waals surface area contributed by atoms with E-state index in [4.69, 9.17) is 11.6 Å². The molecule has 0 aliphatic rings. The molecule has 0 aliphatic carbocycles. The zero-order chi connectivity index (χ0) is 17.0. The smallest absolute Gasteiger partial charge is 0.265 e. The van der Waals surface area contributed by atoms with Crippen molar-refractivity contribution in [2.24, 2.45) is 0 Å². The fraction of sp³-hybridized carbons (Fsp3) is 0.118. The van der Waals surface area contributed by atoms with Crippen molar-refractivity contribution in [3.63, 3.8) is 0 Å². The van der Waals surface area contributed by atoms with Crippen LogP contribution in [0.25, 0.3) is 6.08 Å². The van der Waals surface area contributed by atoms with Crippen LogP contribution in [0.1, 0.15) is 27.0 Å². The summed E-state index contributed by atoms with van der Waals surface area (Å²) in [5.41, 5.74) is 2.59. The van der Waals surface area contributed by atoms with Gasteiger partial charge in [0.15, 0.2) is 0 Å². The van der Waals surface area contributed by atoms with Gasteiger partial charge in [0.2, 0.25) is 0 Å². The van der Waals surface area contributed by atoms with E-state index < -0.39 is 15.9 Å². The van der Waals surface area contributed by atoms with E-state index in [0.29, 0.717) is 21.7 Å². The molecule has 4 nitrogen and oxygen atoms in total. The van der Waals surface area contributed by atoms with Crippen LogP contribution in [0.5, 0.6) is 0 Å². The van der Waals surface area contributed by atoms with Crippen LogP contribution in [-0.4, -0.2) is 14.3 Å². The molecular formula is C17H16ClNO3S. The molecule has 0 radical (unpaired) electrons. The minimum Gasteiger partial charge on any atom is -0.268 e. The summed E-state index contributed by atoms with van der Waals surface area (Å²) in [4.78, 5) is 12.1. The summed E-state index contributed by atoms with van der Waals surface area (Å²) < 4.78 is 26.1. The van der Waals surface area contributed by atoms with Gasteiger partial charge in [-0.3, -0.25) is 4.79 Å². The molecule has 0 aliphatic heterocycles. The second-order valence-corrected chi connectivity index (χ2v) is 7.09. The van der Waals surface area contributed by atoms with Crippen molar-refractivity contribution in [1.29, 1.82) is 0 Å². The minimum absolute atomic E-state index is 0.324. The molecule has 0 saturated carbocycles. The lowest BCUT2D eigenvalue weighted by Gasteiger charge is -2.07. The van der Waals surface area contributed by atoms with Gasteiger partial charge in [0.05, 0.1) is 5.41 Å². The lowest BCUT2D eigenvalue weighted by Crippen LogP contribution is -2.29. The Labute approximate surface area is 140 Å². The van der Waals surface area contributed by atoms with E-state index in [-0.39, 0.29) is 0 Å². The van der Waals surface area contributed by atoms with Crippen molar-refractivity contribution >= 4 is 33.6 Å². The highest BCUT2D eigenvalue weighted by molar-refractivity contribution is 7.93. The van der Waals surface area contributed by atoms with Gasteiger partial charge in [-0.25, -0.2) is 13.1 Å². The molecule has 1 N–H and O–H groups in total. The Balaban J connectivity index is 2.18. The Hall–Kier alpha value is -2.11. The van der Waals surface area contributed by atoms with E-state index in [0.717, 1.165) is 11.0 Å². The number of hydrogen-bond donors (Lipinski definition) is 1. The monoisotopic (exact) mass is 349 g/mol. The maximum atomic E-state index is 12.1. The number of hydrogen-bond acceptors (Lipinski definition) is 3. The van der Waals surface area contributed by atoms with Crippen molar-refractivity contribution in [2.45, 2.75) is 13.8 Å².